The second-order valence-electron chi connectivity index (χ2n) is 3.59. The van der Waals surface area contributed by atoms with Gasteiger partial charge in [0.1, 0.15) is 0 Å². The molecule has 15 heavy (non-hydrogen) atoms. The van der Waals surface area contributed by atoms with E-state index in [4.69, 9.17) is 23.2 Å². The quantitative estimate of drug-likeness (QED) is 0.749. The van der Waals surface area contributed by atoms with E-state index in [9.17, 15) is 0 Å². The van der Waals surface area contributed by atoms with Crippen molar-refractivity contribution in [1.82, 2.24) is 14.7 Å². The molecule has 0 N–H and O–H groups in total. The molecule has 1 heterocycles. The largest absolute Gasteiger partial charge is 0.299 e. The Bertz CT molecular complexity index is 323. The zero-order valence-corrected chi connectivity index (χ0v) is 10.9. The fourth-order valence-corrected chi connectivity index (χ4v) is 1.98. The Hall–Kier alpha value is -0.250. The molecule has 86 valence electrons. The summed E-state index contributed by atoms with van der Waals surface area (Å²) >= 11 is 11.9. The van der Waals surface area contributed by atoms with Gasteiger partial charge in [0.15, 0.2) is 0 Å². The summed E-state index contributed by atoms with van der Waals surface area (Å²) in [5, 5.41) is 5.14. The van der Waals surface area contributed by atoms with Gasteiger partial charge < -0.3 is 0 Å². The summed E-state index contributed by atoms with van der Waals surface area (Å²) in [5.74, 6) is 0.632. The standard InChI is InChI=1S/C10H17Cl2N3/c1-4-15-9(7-14(3)6-5-11)10(12)8(2)13-15/h4-7H2,1-3H3. The minimum atomic E-state index is 0.632. The summed E-state index contributed by atoms with van der Waals surface area (Å²) in [6.07, 6.45) is 0. The van der Waals surface area contributed by atoms with Crippen LogP contribution in [0, 0.1) is 6.92 Å². The Morgan fingerprint density at radius 1 is 1.47 bits per heavy atom. The molecule has 1 rings (SSSR count). The number of rotatable bonds is 5. The zero-order chi connectivity index (χ0) is 11.4. The van der Waals surface area contributed by atoms with Crippen LogP contribution in [0.5, 0.6) is 0 Å². The molecule has 5 heteroatoms. The van der Waals surface area contributed by atoms with E-state index in [1.165, 1.54) is 0 Å². The predicted molar refractivity (Wildman–Crippen MR) is 64.7 cm³/mol. The highest BCUT2D eigenvalue weighted by Crippen LogP contribution is 2.21. The molecule has 0 aromatic carbocycles. The van der Waals surface area contributed by atoms with Crippen LogP contribution in [0.25, 0.3) is 0 Å². The predicted octanol–water partition coefficient (Wildman–Crippen LogP) is 2.54. The van der Waals surface area contributed by atoms with Crippen molar-refractivity contribution in [2.75, 3.05) is 19.5 Å². The highest BCUT2D eigenvalue weighted by atomic mass is 35.5. The molecular formula is C10H17Cl2N3. The highest BCUT2D eigenvalue weighted by Gasteiger charge is 2.13. The van der Waals surface area contributed by atoms with Crippen molar-refractivity contribution in [1.29, 1.82) is 0 Å². The lowest BCUT2D eigenvalue weighted by atomic mass is 10.3. The first-order chi connectivity index (χ1) is 7.10. The van der Waals surface area contributed by atoms with Gasteiger partial charge in [-0.05, 0) is 20.9 Å². The van der Waals surface area contributed by atoms with Gasteiger partial charge in [-0.3, -0.25) is 9.58 Å². The van der Waals surface area contributed by atoms with Gasteiger partial charge in [-0.2, -0.15) is 5.10 Å². The SMILES string of the molecule is CCn1nc(C)c(Cl)c1CN(C)CCCl. The Balaban J connectivity index is 2.82. The van der Waals surface area contributed by atoms with Crippen LogP contribution in [-0.2, 0) is 13.1 Å². The van der Waals surface area contributed by atoms with Gasteiger partial charge in [-0.25, -0.2) is 0 Å². The molecule has 0 aliphatic heterocycles. The lowest BCUT2D eigenvalue weighted by Gasteiger charge is -2.15. The molecule has 0 fully saturated rings. The van der Waals surface area contributed by atoms with Gasteiger partial charge in [0.05, 0.1) is 16.4 Å². The van der Waals surface area contributed by atoms with Crippen molar-refractivity contribution < 1.29 is 0 Å². The molecule has 0 saturated carbocycles. The third-order valence-electron chi connectivity index (χ3n) is 2.34. The minimum absolute atomic E-state index is 0.632. The number of halogens is 2. The van der Waals surface area contributed by atoms with E-state index in [1.807, 2.05) is 18.7 Å². The average Bonchev–Trinajstić information content (AvgIpc) is 2.46. The number of hydrogen-bond donors (Lipinski definition) is 0. The monoisotopic (exact) mass is 249 g/mol. The summed E-state index contributed by atoms with van der Waals surface area (Å²) in [7, 11) is 2.03. The van der Waals surface area contributed by atoms with Crippen molar-refractivity contribution in [2.24, 2.45) is 0 Å². The maximum absolute atomic E-state index is 6.19. The summed E-state index contributed by atoms with van der Waals surface area (Å²) in [4.78, 5) is 2.14. The molecule has 0 aliphatic carbocycles. The van der Waals surface area contributed by atoms with Crippen LogP contribution in [0.4, 0.5) is 0 Å². The smallest absolute Gasteiger partial charge is 0.0860 e. The van der Waals surface area contributed by atoms with Crippen LogP contribution in [0.2, 0.25) is 5.02 Å². The van der Waals surface area contributed by atoms with E-state index in [0.717, 1.165) is 36.0 Å². The van der Waals surface area contributed by atoms with Gasteiger partial charge in [0.2, 0.25) is 0 Å². The van der Waals surface area contributed by atoms with Gasteiger partial charge in [-0.15, -0.1) is 11.6 Å². The van der Waals surface area contributed by atoms with E-state index < -0.39 is 0 Å². The van der Waals surface area contributed by atoms with Gasteiger partial charge in [0, 0.05) is 25.5 Å². The third-order valence-corrected chi connectivity index (χ3v) is 3.00. The molecule has 0 radical (unpaired) electrons. The number of nitrogens with zero attached hydrogens (tertiary/aromatic N) is 3. The minimum Gasteiger partial charge on any atom is -0.299 e. The molecule has 0 spiro atoms. The molecule has 0 aliphatic rings. The van der Waals surface area contributed by atoms with Crippen LogP contribution in [0.1, 0.15) is 18.3 Å². The number of aromatic nitrogens is 2. The van der Waals surface area contributed by atoms with Crippen LogP contribution in [0.15, 0.2) is 0 Å². The summed E-state index contributed by atoms with van der Waals surface area (Å²) < 4.78 is 1.95. The molecule has 0 atom stereocenters. The van der Waals surface area contributed by atoms with E-state index >= 15 is 0 Å². The van der Waals surface area contributed by atoms with Gasteiger partial charge in [0.25, 0.3) is 0 Å². The Labute approximate surface area is 101 Å². The first-order valence-corrected chi connectivity index (χ1v) is 5.97. The van der Waals surface area contributed by atoms with E-state index in [2.05, 4.69) is 16.9 Å². The maximum atomic E-state index is 6.19. The second-order valence-corrected chi connectivity index (χ2v) is 4.34. The topological polar surface area (TPSA) is 21.1 Å². The molecule has 1 aromatic rings. The molecule has 0 saturated heterocycles. The zero-order valence-electron chi connectivity index (χ0n) is 9.43. The van der Waals surface area contributed by atoms with Crippen LogP contribution in [0.3, 0.4) is 0 Å². The van der Waals surface area contributed by atoms with Crippen LogP contribution >= 0.6 is 23.2 Å². The molecular weight excluding hydrogens is 233 g/mol. The molecule has 0 bridgehead atoms. The summed E-state index contributed by atoms with van der Waals surface area (Å²) in [6.45, 7) is 6.48. The van der Waals surface area contributed by atoms with Crippen molar-refractivity contribution in [3.8, 4) is 0 Å². The van der Waals surface area contributed by atoms with Crippen molar-refractivity contribution in [3.63, 3.8) is 0 Å². The first-order valence-electron chi connectivity index (χ1n) is 5.06. The number of alkyl halides is 1. The maximum Gasteiger partial charge on any atom is 0.0860 e. The Morgan fingerprint density at radius 3 is 2.67 bits per heavy atom. The fraction of sp³-hybridized carbons (Fsp3) is 0.700. The second kappa shape index (κ2) is 5.73. The lowest BCUT2D eigenvalue weighted by Crippen LogP contribution is -2.22. The third kappa shape index (κ3) is 3.10. The normalized spacial score (nSPS) is 11.3. The van der Waals surface area contributed by atoms with E-state index in [0.29, 0.717) is 5.88 Å². The lowest BCUT2D eigenvalue weighted by molar-refractivity contribution is 0.334. The van der Waals surface area contributed by atoms with Crippen molar-refractivity contribution >= 4 is 23.2 Å². The molecule has 1 aromatic heterocycles. The summed E-state index contributed by atoms with van der Waals surface area (Å²) in [6, 6.07) is 0. The van der Waals surface area contributed by atoms with E-state index in [1.54, 1.807) is 0 Å². The average molecular weight is 250 g/mol. The van der Waals surface area contributed by atoms with Crippen molar-refractivity contribution in [3.05, 3.63) is 16.4 Å². The summed E-state index contributed by atoms with van der Waals surface area (Å²) in [5.41, 5.74) is 1.97. The van der Waals surface area contributed by atoms with Gasteiger partial charge in [-0.1, -0.05) is 11.6 Å². The Morgan fingerprint density at radius 2 is 2.13 bits per heavy atom. The first kappa shape index (κ1) is 12.8. The number of hydrogen-bond acceptors (Lipinski definition) is 2. The molecule has 0 amide bonds. The van der Waals surface area contributed by atoms with Crippen LogP contribution < -0.4 is 0 Å². The van der Waals surface area contributed by atoms with Crippen molar-refractivity contribution in [2.45, 2.75) is 26.9 Å². The van der Waals surface area contributed by atoms with Gasteiger partial charge >= 0.3 is 0 Å². The van der Waals surface area contributed by atoms with Crippen LogP contribution in [-0.4, -0.2) is 34.2 Å². The number of aryl methyl sites for hydroxylation is 2. The fourth-order valence-electron chi connectivity index (χ4n) is 1.50. The van der Waals surface area contributed by atoms with E-state index in [-0.39, 0.29) is 0 Å². The molecule has 0 unspecified atom stereocenters. The Kier molecular flexibility index (Phi) is 4.90. The molecule has 3 nitrogen and oxygen atoms in total. The highest BCUT2D eigenvalue weighted by molar-refractivity contribution is 6.31.